The van der Waals surface area contributed by atoms with Crippen molar-refractivity contribution in [2.24, 2.45) is 11.7 Å². The molecule has 1 aliphatic heterocycles. The molecule has 0 aromatic rings. The molecule has 0 unspecified atom stereocenters. The van der Waals surface area contributed by atoms with Crippen molar-refractivity contribution in [3.05, 3.63) is 0 Å². The minimum absolute atomic E-state index is 0.228. The Morgan fingerprint density at radius 2 is 1.88 bits per heavy atom. The van der Waals surface area contributed by atoms with Crippen LogP contribution in [0.5, 0.6) is 0 Å². The molecule has 1 heterocycles. The molecule has 0 bridgehead atoms. The maximum Gasteiger partial charge on any atom is 0.326 e. The number of nitrogens with two attached hydrogens (primary N) is 1. The van der Waals surface area contributed by atoms with Crippen LogP contribution in [0.2, 0.25) is 0 Å². The molecule has 0 aromatic carbocycles. The van der Waals surface area contributed by atoms with Crippen molar-refractivity contribution in [3.63, 3.8) is 0 Å². The van der Waals surface area contributed by atoms with Gasteiger partial charge >= 0.3 is 11.9 Å². The van der Waals surface area contributed by atoms with Crippen LogP contribution in [0.4, 0.5) is 0 Å². The highest BCUT2D eigenvalue weighted by atomic mass is 16.4. The highest BCUT2D eigenvalue weighted by Gasteiger charge is 2.37. The Balaban J connectivity index is 2.76. The minimum atomic E-state index is -1.53. The van der Waals surface area contributed by atoms with E-state index in [1.807, 2.05) is 13.8 Å². The summed E-state index contributed by atoms with van der Waals surface area (Å²) in [4.78, 5) is 47.8. The van der Waals surface area contributed by atoms with E-state index >= 15 is 0 Å². The lowest BCUT2D eigenvalue weighted by Crippen LogP contribution is -2.54. The third-order valence-electron chi connectivity index (χ3n) is 3.87. The lowest BCUT2D eigenvalue weighted by atomic mass is 10.0. The Hall–Kier alpha value is -2.16. The first-order valence-corrected chi connectivity index (χ1v) is 7.94. The molecule has 136 valence electrons. The molecule has 0 aliphatic carbocycles. The van der Waals surface area contributed by atoms with Crippen molar-refractivity contribution < 1.29 is 29.4 Å². The van der Waals surface area contributed by atoms with Crippen molar-refractivity contribution in [2.45, 2.75) is 57.7 Å². The molecule has 0 radical (unpaired) electrons. The normalized spacial score (nSPS) is 19.8. The molecule has 1 rings (SSSR count). The SMILES string of the molecule is CC(C)C[C@H](N)C(=O)N1CCC[C@H]1C(=O)N[C@@H](CC(=O)O)C(=O)O. The van der Waals surface area contributed by atoms with E-state index in [-0.39, 0.29) is 11.8 Å². The fourth-order valence-corrected chi connectivity index (χ4v) is 2.77. The molecule has 0 saturated carbocycles. The Labute approximate surface area is 140 Å². The third kappa shape index (κ3) is 5.48. The summed E-state index contributed by atoms with van der Waals surface area (Å²) in [6, 6.07) is -3.06. The fraction of sp³-hybridized carbons (Fsp3) is 0.733. The van der Waals surface area contributed by atoms with E-state index in [2.05, 4.69) is 5.32 Å². The second kappa shape index (κ2) is 8.62. The van der Waals surface area contributed by atoms with Crippen LogP contribution in [0, 0.1) is 5.92 Å². The van der Waals surface area contributed by atoms with Crippen molar-refractivity contribution >= 4 is 23.8 Å². The van der Waals surface area contributed by atoms with E-state index < -0.39 is 42.4 Å². The van der Waals surface area contributed by atoms with Gasteiger partial charge in [-0.15, -0.1) is 0 Å². The molecule has 1 saturated heterocycles. The van der Waals surface area contributed by atoms with Crippen molar-refractivity contribution in [1.82, 2.24) is 10.2 Å². The summed E-state index contributed by atoms with van der Waals surface area (Å²) in [5.41, 5.74) is 5.88. The quantitative estimate of drug-likeness (QED) is 0.459. The second-order valence-corrected chi connectivity index (χ2v) is 6.42. The van der Waals surface area contributed by atoms with Gasteiger partial charge in [0.05, 0.1) is 12.5 Å². The largest absolute Gasteiger partial charge is 0.481 e. The van der Waals surface area contributed by atoms with Gasteiger partial charge in [-0.05, 0) is 25.2 Å². The number of rotatable bonds is 8. The molecule has 24 heavy (non-hydrogen) atoms. The smallest absolute Gasteiger partial charge is 0.326 e. The van der Waals surface area contributed by atoms with Gasteiger partial charge in [0, 0.05) is 6.54 Å². The number of carbonyl (C=O) groups excluding carboxylic acids is 2. The topological polar surface area (TPSA) is 150 Å². The average molecular weight is 343 g/mol. The second-order valence-electron chi connectivity index (χ2n) is 6.42. The maximum absolute atomic E-state index is 12.4. The molecule has 0 aromatic heterocycles. The van der Waals surface area contributed by atoms with Gasteiger partial charge in [0.1, 0.15) is 12.1 Å². The summed E-state index contributed by atoms with van der Waals surface area (Å²) in [5, 5.41) is 19.9. The average Bonchev–Trinajstić information content (AvgIpc) is 2.93. The van der Waals surface area contributed by atoms with Gasteiger partial charge in [0.25, 0.3) is 0 Å². The Kier molecular flexibility index (Phi) is 7.15. The van der Waals surface area contributed by atoms with E-state index in [4.69, 9.17) is 15.9 Å². The van der Waals surface area contributed by atoms with Crippen molar-refractivity contribution in [3.8, 4) is 0 Å². The van der Waals surface area contributed by atoms with E-state index in [1.54, 1.807) is 0 Å². The number of hydrogen-bond acceptors (Lipinski definition) is 5. The number of nitrogens with one attached hydrogen (secondary N) is 1. The van der Waals surface area contributed by atoms with Crippen molar-refractivity contribution in [2.75, 3.05) is 6.54 Å². The van der Waals surface area contributed by atoms with Crippen LogP contribution in [0.15, 0.2) is 0 Å². The van der Waals surface area contributed by atoms with Crippen LogP contribution in [0.25, 0.3) is 0 Å². The number of carboxylic acids is 2. The zero-order valence-corrected chi connectivity index (χ0v) is 13.9. The zero-order chi connectivity index (χ0) is 18.4. The molecule has 1 fully saturated rings. The molecular weight excluding hydrogens is 318 g/mol. The molecule has 0 spiro atoms. The number of hydrogen-bond donors (Lipinski definition) is 4. The molecule has 5 N–H and O–H groups in total. The molecular formula is C15H25N3O6. The lowest BCUT2D eigenvalue weighted by molar-refractivity contribution is -0.148. The van der Waals surface area contributed by atoms with E-state index in [0.29, 0.717) is 25.8 Å². The van der Waals surface area contributed by atoms with Crippen LogP contribution in [-0.2, 0) is 19.2 Å². The minimum Gasteiger partial charge on any atom is -0.481 e. The predicted octanol–water partition coefficient (Wildman–Crippen LogP) is -0.605. The molecule has 9 heteroatoms. The maximum atomic E-state index is 12.4. The first-order chi connectivity index (χ1) is 11.1. The predicted molar refractivity (Wildman–Crippen MR) is 84.0 cm³/mol. The van der Waals surface area contributed by atoms with Gasteiger partial charge in [-0.25, -0.2) is 4.79 Å². The fourth-order valence-electron chi connectivity index (χ4n) is 2.77. The Morgan fingerprint density at radius 3 is 2.38 bits per heavy atom. The number of aliphatic carboxylic acids is 2. The summed E-state index contributed by atoms with van der Waals surface area (Å²) < 4.78 is 0. The summed E-state index contributed by atoms with van der Waals surface area (Å²) in [5.74, 6) is -3.54. The Bertz CT molecular complexity index is 507. The van der Waals surface area contributed by atoms with Gasteiger partial charge in [0.15, 0.2) is 0 Å². The van der Waals surface area contributed by atoms with Crippen LogP contribution < -0.4 is 11.1 Å². The number of likely N-dealkylation sites (tertiary alicyclic amines) is 1. The van der Waals surface area contributed by atoms with Gasteiger partial charge < -0.3 is 26.2 Å². The monoisotopic (exact) mass is 343 g/mol. The molecule has 1 aliphatic rings. The van der Waals surface area contributed by atoms with Gasteiger partial charge in [0.2, 0.25) is 11.8 Å². The van der Waals surface area contributed by atoms with E-state index in [9.17, 15) is 19.2 Å². The number of amides is 2. The van der Waals surface area contributed by atoms with E-state index in [1.165, 1.54) is 4.90 Å². The van der Waals surface area contributed by atoms with Crippen LogP contribution in [-0.4, -0.2) is 63.5 Å². The summed E-state index contributed by atoms with van der Waals surface area (Å²) in [6.45, 7) is 4.24. The highest BCUT2D eigenvalue weighted by molar-refractivity contribution is 5.93. The number of carboxylic acid groups (broad SMARTS) is 2. The van der Waals surface area contributed by atoms with Gasteiger partial charge in [-0.2, -0.15) is 0 Å². The van der Waals surface area contributed by atoms with Gasteiger partial charge in [-0.1, -0.05) is 13.8 Å². The first-order valence-electron chi connectivity index (χ1n) is 7.94. The summed E-state index contributed by atoms with van der Waals surface area (Å²) in [7, 11) is 0. The zero-order valence-electron chi connectivity index (χ0n) is 13.9. The van der Waals surface area contributed by atoms with Crippen molar-refractivity contribution in [1.29, 1.82) is 0 Å². The Morgan fingerprint density at radius 1 is 1.25 bits per heavy atom. The van der Waals surface area contributed by atoms with E-state index in [0.717, 1.165) is 0 Å². The van der Waals surface area contributed by atoms with Crippen LogP contribution in [0.3, 0.4) is 0 Å². The van der Waals surface area contributed by atoms with Crippen LogP contribution in [0.1, 0.15) is 39.5 Å². The molecule has 9 nitrogen and oxygen atoms in total. The first kappa shape index (κ1) is 19.9. The third-order valence-corrected chi connectivity index (χ3v) is 3.87. The number of nitrogens with zero attached hydrogens (tertiary/aromatic N) is 1. The molecule has 3 atom stereocenters. The number of carbonyl (C=O) groups is 4. The summed E-state index contributed by atoms with van der Waals surface area (Å²) >= 11 is 0. The lowest BCUT2D eigenvalue weighted by Gasteiger charge is -2.28. The standard InChI is InChI=1S/C15H25N3O6/c1-8(2)6-9(16)14(22)18-5-3-4-11(18)13(21)17-10(15(23)24)7-12(19)20/h8-11H,3-7,16H2,1-2H3,(H,17,21)(H,19,20)(H,23,24)/t9-,10-,11-/m0/s1. The highest BCUT2D eigenvalue weighted by Crippen LogP contribution is 2.20. The van der Waals surface area contributed by atoms with Gasteiger partial charge in [-0.3, -0.25) is 14.4 Å². The molecule has 2 amide bonds. The summed E-state index contributed by atoms with van der Waals surface area (Å²) in [6.07, 6.45) is 0.759. The van der Waals surface area contributed by atoms with Crippen LogP contribution >= 0.6 is 0 Å².